The molecule has 4 nitrogen and oxygen atoms in total. The van der Waals surface area contributed by atoms with Crippen LogP contribution in [0.2, 0.25) is 0 Å². The second-order valence-electron chi connectivity index (χ2n) is 1.22. The van der Waals surface area contributed by atoms with E-state index in [-0.39, 0.29) is 37.7 Å². The fourth-order valence-corrected chi connectivity index (χ4v) is 0. The van der Waals surface area contributed by atoms with Gasteiger partial charge in [-0.1, -0.05) is 0 Å². The van der Waals surface area contributed by atoms with Gasteiger partial charge in [0.2, 0.25) is 0 Å². The van der Waals surface area contributed by atoms with Gasteiger partial charge in [0.25, 0.3) is 10.1 Å². The third-order valence-electron chi connectivity index (χ3n) is 0.470. The average molecular weight is 165 g/mol. The number of nitrogens with two attached hydrogens (primary N) is 1. The van der Waals surface area contributed by atoms with Crippen molar-refractivity contribution in [3.63, 3.8) is 0 Å². The van der Waals surface area contributed by atoms with Crippen molar-refractivity contribution in [2.75, 3.05) is 0 Å². The molecule has 0 aliphatic heterocycles. The quantitative estimate of drug-likeness (QED) is 0.378. The minimum Gasteiger partial charge on any atom is -0.313 e. The van der Waals surface area contributed by atoms with Crippen LogP contribution in [0.5, 0.6) is 0 Å². The molecule has 0 spiro atoms. The minimum absolute atomic E-state index is 0. The van der Waals surface area contributed by atoms with E-state index in [1.807, 2.05) is 0 Å². The molecule has 1 unspecified atom stereocenters. The zero-order chi connectivity index (χ0) is 6.08. The molecular weight excluding hydrogens is 158 g/mol. The van der Waals surface area contributed by atoms with Crippen molar-refractivity contribution in [1.29, 1.82) is 0 Å². The van der Waals surface area contributed by atoms with Gasteiger partial charge in [-0.05, 0) is 6.92 Å². The van der Waals surface area contributed by atoms with E-state index in [9.17, 15) is 8.42 Å². The van der Waals surface area contributed by atoms with Gasteiger partial charge in [0.1, 0.15) is 5.37 Å². The predicted molar refractivity (Wildman–Crippen MR) is 31.0 cm³/mol. The smallest absolute Gasteiger partial charge is 0.280 e. The molecule has 6 heteroatoms. The third-order valence-corrected chi connectivity index (χ3v) is 1.41. The molecule has 0 aromatic heterocycles. The first-order valence-electron chi connectivity index (χ1n) is 1.66. The monoisotopic (exact) mass is 165 g/mol. The van der Waals surface area contributed by atoms with Crippen LogP contribution < -0.4 is 5.73 Å². The van der Waals surface area contributed by atoms with Crippen molar-refractivity contribution in [2.24, 2.45) is 5.73 Å². The molecule has 0 aliphatic rings. The molecule has 0 saturated heterocycles. The first kappa shape index (κ1) is 11.9. The first-order valence-corrected chi connectivity index (χ1v) is 3.17. The van der Waals surface area contributed by atoms with E-state index < -0.39 is 15.5 Å². The number of hydrogen-bond donors (Lipinski definition) is 2. The average Bonchev–Trinajstić information content (AvgIpc) is 1.31. The van der Waals surface area contributed by atoms with E-state index in [2.05, 4.69) is 0 Å². The number of rotatable bonds is 1. The summed E-state index contributed by atoms with van der Waals surface area (Å²) in [5, 5.41) is -1.17. The summed E-state index contributed by atoms with van der Waals surface area (Å²) in [4.78, 5) is 0. The Balaban J connectivity index is 0. The summed E-state index contributed by atoms with van der Waals surface area (Å²) in [6.45, 7) is 1.19. The maximum atomic E-state index is 9.76. The molecule has 1 atom stereocenters. The molecule has 0 bridgehead atoms. The SMILES string of the molecule is CC(N)S(=O)(=O)O.[Ca]. The van der Waals surface area contributed by atoms with Crippen LogP contribution >= 0.6 is 0 Å². The van der Waals surface area contributed by atoms with Crippen LogP contribution in [-0.2, 0) is 10.1 Å². The zero-order valence-electron chi connectivity index (χ0n) is 4.53. The summed E-state index contributed by atoms with van der Waals surface area (Å²) in [7, 11) is -3.96. The molecule has 0 aromatic rings. The van der Waals surface area contributed by atoms with Gasteiger partial charge in [0.05, 0.1) is 0 Å². The van der Waals surface area contributed by atoms with Gasteiger partial charge < -0.3 is 5.73 Å². The Bertz CT molecular complexity index is 139. The summed E-state index contributed by atoms with van der Waals surface area (Å²) in [5.74, 6) is 0. The van der Waals surface area contributed by atoms with Crippen molar-refractivity contribution in [2.45, 2.75) is 12.3 Å². The van der Waals surface area contributed by atoms with E-state index >= 15 is 0 Å². The van der Waals surface area contributed by atoms with E-state index in [4.69, 9.17) is 10.3 Å². The molecule has 0 heterocycles. The van der Waals surface area contributed by atoms with Crippen LogP contribution in [0.1, 0.15) is 6.92 Å². The molecule has 3 N–H and O–H groups in total. The normalized spacial score (nSPS) is 14.4. The summed E-state index contributed by atoms with van der Waals surface area (Å²) in [6, 6.07) is 0. The Kier molecular flexibility index (Phi) is 5.98. The molecular formula is C2H7CaNO3S. The number of hydrogen-bond acceptors (Lipinski definition) is 3. The van der Waals surface area contributed by atoms with E-state index in [1.165, 1.54) is 6.92 Å². The minimum atomic E-state index is -3.96. The molecule has 0 fully saturated rings. The fraction of sp³-hybridized carbons (Fsp3) is 1.00. The van der Waals surface area contributed by atoms with Crippen molar-refractivity contribution in [1.82, 2.24) is 0 Å². The Hall–Kier alpha value is 1.13. The van der Waals surface area contributed by atoms with Crippen molar-refractivity contribution in [3.8, 4) is 0 Å². The van der Waals surface area contributed by atoms with E-state index in [1.54, 1.807) is 0 Å². The molecule has 2 radical (unpaired) electrons. The maximum Gasteiger partial charge on any atom is 0.280 e. The van der Waals surface area contributed by atoms with Gasteiger partial charge in [-0.3, -0.25) is 4.55 Å². The van der Waals surface area contributed by atoms with Crippen LogP contribution in [0.3, 0.4) is 0 Å². The van der Waals surface area contributed by atoms with Crippen LogP contribution in [0.15, 0.2) is 0 Å². The van der Waals surface area contributed by atoms with Crippen LogP contribution in [-0.4, -0.2) is 56.1 Å². The van der Waals surface area contributed by atoms with Gasteiger partial charge in [0, 0.05) is 37.7 Å². The summed E-state index contributed by atoms with van der Waals surface area (Å²) >= 11 is 0. The maximum absolute atomic E-state index is 9.76. The second-order valence-corrected chi connectivity index (χ2v) is 2.99. The third kappa shape index (κ3) is 5.27. The molecule has 0 aliphatic carbocycles. The molecule has 0 aromatic carbocycles. The molecule has 0 rings (SSSR count). The van der Waals surface area contributed by atoms with Crippen LogP contribution in [0.4, 0.5) is 0 Å². The molecule has 0 amide bonds. The summed E-state index contributed by atoms with van der Waals surface area (Å²) in [6.07, 6.45) is 0. The zero-order valence-corrected chi connectivity index (χ0v) is 7.56. The van der Waals surface area contributed by atoms with Crippen molar-refractivity contribution < 1.29 is 13.0 Å². The predicted octanol–water partition coefficient (Wildman–Crippen LogP) is -1.20. The topological polar surface area (TPSA) is 80.4 Å². The Morgan fingerprint density at radius 1 is 1.62 bits per heavy atom. The van der Waals surface area contributed by atoms with Crippen molar-refractivity contribution >= 4 is 47.9 Å². The molecule has 8 heavy (non-hydrogen) atoms. The van der Waals surface area contributed by atoms with Gasteiger partial charge in [-0.15, -0.1) is 0 Å². The van der Waals surface area contributed by atoms with Crippen LogP contribution in [0, 0.1) is 0 Å². The second kappa shape index (κ2) is 4.03. The fourth-order valence-electron chi connectivity index (χ4n) is 0. The van der Waals surface area contributed by atoms with Crippen molar-refractivity contribution in [3.05, 3.63) is 0 Å². The van der Waals surface area contributed by atoms with E-state index in [0.29, 0.717) is 0 Å². The Labute approximate surface area is 78.2 Å². The van der Waals surface area contributed by atoms with Gasteiger partial charge in [-0.25, -0.2) is 0 Å². The van der Waals surface area contributed by atoms with Gasteiger partial charge in [-0.2, -0.15) is 8.42 Å². The molecule has 46 valence electrons. The summed E-state index contributed by atoms with van der Waals surface area (Å²) in [5.41, 5.74) is 4.73. The first-order chi connectivity index (χ1) is 2.94. The van der Waals surface area contributed by atoms with Crippen LogP contribution in [0.25, 0.3) is 0 Å². The summed E-state index contributed by atoms with van der Waals surface area (Å²) < 4.78 is 27.5. The van der Waals surface area contributed by atoms with Gasteiger partial charge >= 0.3 is 0 Å². The Morgan fingerprint density at radius 2 is 1.75 bits per heavy atom. The standard InChI is InChI=1S/C2H7NO3S.Ca/c1-2(3)7(4,5)6;/h2H,3H2,1H3,(H,4,5,6);. The Morgan fingerprint density at radius 3 is 1.75 bits per heavy atom. The molecule has 0 saturated carbocycles. The van der Waals surface area contributed by atoms with E-state index in [0.717, 1.165) is 0 Å². The largest absolute Gasteiger partial charge is 0.313 e. The van der Waals surface area contributed by atoms with Gasteiger partial charge in [0.15, 0.2) is 0 Å².